The molecule has 9 rings (SSSR count). The third-order valence-corrected chi connectivity index (χ3v) is 9.18. The van der Waals surface area contributed by atoms with Crippen LogP contribution in [0.15, 0.2) is 133 Å². The fraction of sp³-hybridized carbons (Fsp3) is 0. The normalized spacial score (nSPS) is 12.0. The van der Waals surface area contributed by atoms with E-state index >= 15 is 0 Å². The summed E-state index contributed by atoms with van der Waals surface area (Å²) in [5.41, 5.74) is 8.15. The molecular weight excluding hydrogens is 696 g/mol. The molecule has 0 fully saturated rings. The molecule has 1 aliphatic carbocycles. The number of carbonyl (C=O) groups excluding carboxylic acids is 1. The van der Waals surface area contributed by atoms with Gasteiger partial charge in [-0.1, -0.05) is 98.6 Å². The van der Waals surface area contributed by atoms with Crippen LogP contribution in [0.1, 0.15) is 26.3 Å². The maximum atomic E-state index is 12.6. The molecule has 0 radical (unpaired) electrons. The number of carboxylic acids is 1. The number of furan rings is 2. The Labute approximate surface area is 273 Å². The fourth-order valence-corrected chi connectivity index (χ4v) is 6.92. The molecule has 7 heteroatoms. The van der Waals surface area contributed by atoms with E-state index in [4.69, 9.17) is 8.83 Å². The largest absolute Gasteiger partial charge is 0.478 e. The van der Waals surface area contributed by atoms with Gasteiger partial charge < -0.3 is 13.9 Å². The number of fused-ring (bicyclic) bond motifs is 10. The summed E-state index contributed by atoms with van der Waals surface area (Å²) in [6.45, 7) is 0. The molecular formula is C38H20Br2O5. The van der Waals surface area contributed by atoms with E-state index in [1.165, 1.54) is 0 Å². The Kier molecular flexibility index (Phi) is 6.48. The molecule has 1 N–H and O–H groups in total. The molecule has 0 saturated heterocycles. The Morgan fingerprint density at radius 2 is 1.11 bits per heavy atom. The Morgan fingerprint density at radius 1 is 0.533 bits per heavy atom. The molecule has 0 bridgehead atoms. The maximum Gasteiger partial charge on any atom is 0.336 e. The van der Waals surface area contributed by atoms with E-state index in [0.29, 0.717) is 11.1 Å². The minimum absolute atomic E-state index is 0.0636. The lowest BCUT2D eigenvalue weighted by molar-refractivity contribution is 0.0697. The molecule has 5 nitrogen and oxygen atoms in total. The van der Waals surface area contributed by atoms with E-state index in [1.54, 1.807) is 12.1 Å². The van der Waals surface area contributed by atoms with Gasteiger partial charge in [0.2, 0.25) is 0 Å². The summed E-state index contributed by atoms with van der Waals surface area (Å²) < 4.78 is 13.7. The molecule has 0 unspecified atom stereocenters. The number of benzene rings is 6. The first-order valence-corrected chi connectivity index (χ1v) is 15.7. The van der Waals surface area contributed by atoms with Crippen LogP contribution in [0.3, 0.4) is 0 Å². The van der Waals surface area contributed by atoms with Crippen molar-refractivity contribution in [2.75, 3.05) is 0 Å². The second-order valence-corrected chi connectivity index (χ2v) is 12.6. The van der Waals surface area contributed by atoms with Gasteiger partial charge in [0, 0.05) is 52.7 Å². The van der Waals surface area contributed by atoms with Gasteiger partial charge in [0.25, 0.3) is 0 Å². The van der Waals surface area contributed by atoms with Crippen LogP contribution < -0.4 is 0 Å². The lowest BCUT2D eigenvalue weighted by Gasteiger charge is -2.07. The van der Waals surface area contributed by atoms with Gasteiger partial charge in [-0.05, 0) is 59.7 Å². The minimum atomic E-state index is -0.964. The summed E-state index contributed by atoms with van der Waals surface area (Å²) in [6, 6.07) is 36.5. The van der Waals surface area contributed by atoms with Crippen LogP contribution >= 0.6 is 31.9 Å². The van der Waals surface area contributed by atoms with Gasteiger partial charge in [0.15, 0.2) is 5.78 Å². The predicted molar refractivity (Wildman–Crippen MR) is 184 cm³/mol. The quantitative estimate of drug-likeness (QED) is 0.193. The van der Waals surface area contributed by atoms with E-state index in [2.05, 4.69) is 31.9 Å². The summed E-state index contributed by atoms with van der Waals surface area (Å²) in [4.78, 5) is 24.2. The van der Waals surface area contributed by atoms with Crippen LogP contribution in [0, 0.1) is 0 Å². The number of halogens is 2. The molecule has 216 valence electrons. The van der Waals surface area contributed by atoms with Crippen molar-refractivity contribution < 1.29 is 23.5 Å². The zero-order chi connectivity index (χ0) is 30.8. The maximum absolute atomic E-state index is 12.6. The molecule has 6 aromatic carbocycles. The number of aromatic carboxylic acids is 1. The molecule has 2 heterocycles. The standard InChI is InChI=1S/C19H11BrO3.C19H9BrO2/c20-11-8-9-12(16(10-11)19(21)22)14-5-3-6-15-13-4-1-2-7-17(13)23-18(14)15;20-10-5-6-12-15(9-10)18(21)14-8-7-13-11-3-1-2-4-16(11)22-19(13)17(12)14/h1-10H,(H,21,22);1-9H. The molecule has 45 heavy (non-hydrogen) atoms. The van der Waals surface area contributed by atoms with Crippen LogP contribution in [-0.2, 0) is 0 Å². The lowest BCUT2D eigenvalue weighted by atomic mass is 9.98. The first kappa shape index (κ1) is 27.6. The van der Waals surface area contributed by atoms with Gasteiger partial charge in [-0.3, -0.25) is 4.79 Å². The van der Waals surface area contributed by atoms with Crippen LogP contribution in [0.5, 0.6) is 0 Å². The van der Waals surface area contributed by atoms with Crippen LogP contribution in [-0.4, -0.2) is 16.9 Å². The zero-order valence-electron chi connectivity index (χ0n) is 23.3. The number of hydrogen-bond acceptors (Lipinski definition) is 4. The van der Waals surface area contributed by atoms with E-state index < -0.39 is 5.97 Å². The molecule has 0 amide bonds. The Bertz CT molecular complexity index is 2520. The number of carbonyl (C=O) groups is 2. The van der Waals surface area contributed by atoms with E-state index in [-0.39, 0.29) is 11.3 Å². The van der Waals surface area contributed by atoms with Crippen LogP contribution in [0.4, 0.5) is 0 Å². The number of carboxylic acid groups (broad SMARTS) is 1. The predicted octanol–water partition coefficient (Wildman–Crippen LogP) is 11.3. The van der Waals surface area contributed by atoms with E-state index in [0.717, 1.165) is 75.1 Å². The van der Waals surface area contributed by atoms with E-state index in [1.807, 2.05) is 103 Å². The zero-order valence-corrected chi connectivity index (χ0v) is 26.5. The van der Waals surface area contributed by atoms with Crippen molar-refractivity contribution in [3.8, 4) is 22.3 Å². The summed E-state index contributed by atoms with van der Waals surface area (Å²) in [6.07, 6.45) is 0. The van der Waals surface area contributed by atoms with Crippen molar-refractivity contribution in [1.82, 2.24) is 0 Å². The summed E-state index contributed by atoms with van der Waals surface area (Å²) in [7, 11) is 0. The summed E-state index contributed by atoms with van der Waals surface area (Å²) in [5, 5.41) is 13.7. The number of para-hydroxylation sites is 3. The second kappa shape index (κ2) is 10.6. The van der Waals surface area contributed by atoms with Gasteiger partial charge >= 0.3 is 5.97 Å². The SMILES string of the molecule is O=C(O)c1cc(Br)ccc1-c1cccc2c1oc1ccccc12.O=C1c2cc(Br)ccc2-c2c1ccc1c2oc2ccccc21. The van der Waals surface area contributed by atoms with Crippen molar-refractivity contribution in [2.45, 2.75) is 0 Å². The smallest absolute Gasteiger partial charge is 0.336 e. The van der Waals surface area contributed by atoms with Gasteiger partial charge in [0.05, 0.1) is 5.56 Å². The highest BCUT2D eigenvalue weighted by atomic mass is 79.9. The summed E-state index contributed by atoms with van der Waals surface area (Å²) >= 11 is 6.77. The highest BCUT2D eigenvalue weighted by Gasteiger charge is 2.30. The second-order valence-electron chi connectivity index (χ2n) is 10.8. The topological polar surface area (TPSA) is 80.6 Å². The van der Waals surface area contributed by atoms with Crippen LogP contribution in [0.25, 0.3) is 66.1 Å². The van der Waals surface area contributed by atoms with Gasteiger partial charge in [-0.25, -0.2) is 4.79 Å². The Balaban J connectivity index is 0.000000134. The third-order valence-electron chi connectivity index (χ3n) is 8.19. The summed E-state index contributed by atoms with van der Waals surface area (Å²) in [5.74, 6) is -0.900. The van der Waals surface area contributed by atoms with Gasteiger partial charge in [-0.15, -0.1) is 0 Å². The molecule has 0 saturated carbocycles. The molecule has 0 aliphatic heterocycles. The number of hydrogen-bond donors (Lipinski definition) is 1. The third kappa shape index (κ3) is 4.42. The van der Waals surface area contributed by atoms with Crippen molar-refractivity contribution in [3.05, 3.63) is 141 Å². The highest BCUT2D eigenvalue weighted by molar-refractivity contribution is 9.10. The highest BCUT2D eigenvalue weighted by Crippen LogP contribution is 2.45. The van der Waals surface area contributed by atoms with Crippen molar-refractivity contribution in [3.63, 3.8) is 0 Å². The minimum Gasteiger partial charge on any atom is -0.478 e. The van der Waals surface area contributed by atoms with Gasteiger partial charge in [0.1, 0.15) is 22.3 Å². The van der Waals surface area contributed by atoms with E-state index in [9.17, 15) is 14.7 Å². The average molecular weight is 716 g/mol. The van der Waals surface area contributed by atoms with Crippen LogP contribution in [0.2, 0.25) is 0 Å². The first-order chi connectivity index (χ1) is 21.9. The Hall–Kier alpha value is -4.98. The van der Waals surface area contributed by atoms with Gasteiger partial charge in [-0.2, -0.15) is 0 Å². The van der Waals surface area contributed by atoms with Crippen molar-refractivity contribution >= 4 is 87.5 Å². The van der Waals surface area contributed by atoms with Crippen molar-refractivity contribution in [2.24, 2.45) is 0 Å². The molecule has 0 atom stereocenters. The average Bonchev–Trinajstić information content (AvgIpc) is 3.71. The fourth-order valence-electron chi connectivity index (χ4n) is 6.20. The molecule has 0 spiro atoms. The number of ketones is 1. The first-order valence-electron chi connectivity index (χ1n) is 14.1. The molecule has 1 aliphatic rings. The van der Waals surface area contributed by atoms with Crippen molar-refractivity contribution in [1.29, 1.82) is 0 Å². The monoisotopic (exact) mass is 714 g/mol. The molecule has 8 aromatic rings. The molecule has 2 aromatic heterocycles. The number of rotatable bonds is 2. The lowest BCUT2D eigenvalue weighted by Crippen LogP contribution is -1.99. The Morgan fingerprint density at radius 3 is 1.82 bits per heavy atom.